The molecule has 0 fully saturated rings. The predicted molar refractivity (Wildman–Crippen MR) is 90.7 cm³/mol. The normalized spacial score (nSPS) is 11.4. The van der Waals surface area contributed by atoms with Gasteiger partial charge in [-0.1, -0.05) is 0 Å². The van der Waals surface area contributed by atoms with Crippen LogP contribution in [0.2, 0.25) is 0 Å². The lowest BCUT2D eigenvalue weighted by Crippen LogP contribution is -2.25. The molecule has 1 aromatic heterocycles. The molecule has 11 heteroatoms. The van der Waals surface area contributed by atoms with Gasteiger partial charge in [0.1, 0.15) is 6.20 Å². The van der Waals surface area contributed by atoms with Crippen molar-refractivity contribution in [1.82, 2.24) is 14.5 Å². The Balaban J connectivity index is 1.81. The Labute approximate surface area is 144 Å². The maximum absolute atomic E-state index is 12.1. The van der Waals surface area contributed by atoms with Gasteiger partial charge in [-0.25, -0.2) is 13.1 Å². The molecule has 0 spiro atoms. The topological polar surface area (TPSA) is 142 Å². The molecule has 136 valence electrons. The van der Waals surface area contributed by atoms with Gasteiger partial charge in [-0.2, -0.15) is 0 Å². The van der Waals surface area contributed by atoms with Gasteiger partial charge in [0.25, 0.3) is 0 Å². The van der Waals surface area contributed by atoms with Gasteiger partial charge < -0.3 is 10.5 Å². The quantitative estimate of drug-likeness (QED) is 0.292. The SMILES string of the molecule is COc1nn(CCCCNS(=O)(=O)c2ccc(N)cc2)cc1[N+](=O)[O-]. The zero-order chi connectivity index (χ0) is 18.4. The van der Waals surface area contributed by atoms with E-state index in [1.54, 1.807) is 0 Å². The highest BCUT2D eigenvalue weighted by Gasteiger charge is 2.19. The van der Waals surface area contributed by atoms with Crippen molar-refractivity contribution >= 4 is 21.4 Å². The number of methoxy groups -OCH3 is 1. The van der Waals surface area contributed by atoms with E-state index in [0.717, 1.165) is 0 Å². The predicted octanol–water partition coefficient (Wildman–Crippen LogP) is 1.14. The van der Waals surface area contributed by atoms with Crippen molar-refractivity contribution in [2.24, 2.45) is 0 Å². The van der Waals surface area contributed by atoms with Crippen molar-refractivity contribution in [3.8, 4) is 5.88 Å². The second kappa shape index (κ2) is 7.94. The number of nitro groups is 1. The van der Waals surface area contributed by atoms with Gasteiger partial charge in [-0.05, 0) is 37.1 Å². The van der Waals surface area contributed by atoms with E-state index < -0.39 is 14.9 Å². The molecular formula is C14H19N5O5S. The van der Waals surface area contributed by atoms with Crippen molar-refractivity contribution < 1.29 is 18.1 Å². The van der Waals surface area contributed by atoms with E-state index in [2.05, 4.69) is 9.82 Å². The van der Waals surface area contributed by atoms with Crippen LogP contribution in [0.5, 0.6) is 5.88 Å². The number of rotatable bonds is 9. The van der Waals surface area contributed by atoms with Crippen LogP contribution in [0, 0.1) is 10.1 Å². The van der Waals surface area contributed by atoms with Crippen molar-refractivity contribution in [3.05, 3.63) is 40.6 Å². The number of hydrogen-bond donors (Lipinski definition) is 2. The van der Waals surface area contributed by atoms with E-state index in [9.17, 15) is 18.5 Å². The third-order valence-corrected chi connectivity index (χ3v) is 4.87. The molecule has 0 amide bonds. The maximum atomic E-state index is 12.1. The van der Waals surface area contributed by atoms with Gasteiger partial charge in [0, 0.05) is 18.8 Å². The lowest BCUT2D eigenvalue weighted by atomic mass is 10.3. The summed E-state index contributed by atoms with van der Waals surface area (Å²) in [6.45, 7) is 0.654. The Morgan fingerprint density at radius 2 is 2.00 bits per heavy atom. The molecule has 0 saturated heterocycles. The van der Waals surface area contributed by atoms with Gasteiger partial charge in [-0.3, -0.25) is 14.8 Å². The molecule has 1 aromatic carbocycles. The van der Waals surface area contributed by atoms with Crippen LogP contribution in [-0.2, 0) is 16.6 Å². The van der Waals surface area contributed by atoms with Crippen LogP contribution < -0.4 is 15.2 Å². The molecule has 25 heavy (non-hydrogen) atoms. The van der Waals surface area contributed by atoms with Crippen LogP contribution in [0.3, 0.4) is 0 Å². The Morgan fingerprint density at radius 1 is 1.32 bits per heavy atom. The van der Waals surface area contributed by atoms with Gasteiger partial charge in [-0.15, -0.1) is 5.10 Å². The molecular weight excluding hydrogens is 350 g/mol. The van der Waals surface area contributed by atoms with Crippen molar-refractivity contribution in [3.63, 3.8) is 0 Å². The number of anilines is 1. The fourth-order valence-electron chi connectivity index (χ4n) is 2.11. The molecule has 0 radical (unpaired) electrons. The number of benzene rings is 1. The van der Waals surface area contributed by atoms with Crippen LogP contribution >= 0.6 is 0 Å². The first-order valence-electron chi connectivity index (χ1n) is 7.44. The van der Waals surface area contributed by atoms with Crippen LogP contribution in [0.15, 0.2) is 35.4 Å². The molecule has 0 atom stereocenters. The molecule has 0 aliphatic heterocycles. The largest absolute Gasteiger partial charge is 0.475 e. The zero-order valence-electron chi connectivity index (χ0n) is 13.6. The number of nitrogens with two attached hydrogens (primary N) is 1. The third kappa shape index (κ3) is 4.90. The number of aryl methyl sites for hydroxylation is 1. The van der Waals surface area contributed by atoms with Crippen molar-refractivity contribution in [2.75, 3.05) is 19.4 Å². The summed E-state index contributed by atoms with van der Waals surface area (Å²) in [5.41, 5.74) is 5.82. The van der Waals surface area contributed by atoms with Crippen molar-refractivity contribution in [2.45, 2.75) is 24.3 Å². The molecule has 1 heterocycles. The Hall–Kier alpha value is -2.66. The molecule has 0 bridgehead atoms. The second-order valence-corrected chi connectivity index (χ2v) is 6.98. The number of nitrogen functional groups attached to an aromatic ring is 1. The number of nitrogens with one attached hydrogen (secondary N) is 1. The third-order valence-electron chi connectivity index (χ3n) is 3.40. The molecule has 10 nitrogen and oxygen atoms in total. The van der Waals surface area contributed by atoms with E-state index >= 15 is 0 Å². The summed E-state index contributed by atoms with van der Waals surface area (Å²) in [6.07, 6.45) is 2.42. The molecule has 0 saturated carbocycles. The number of aromatic nitrogens is 2. The van der Waals surface area contributed by atoms with Gasteiger partial charge in [0.05, 0.1) is 16.9 Å². The van der Waals surface area contributed by atoms with Gasteiger partial charge in [0.15, 0.2) is 0 Å². The minimum Gasteiger partial charge on any atom is -0.475 e. The summed E-state index contributed by atoms with van der Waals surface area (Å²) in [5, 5.41) is 14.8. The minimum absolute atomic E-state index is 0.0472. The van der Waals surface area contributed by atoms with Gasteiger partial charge >= 0.3 is 11.6 Å². The van der Waals surface area contributed by atoms with E-state index in [4.69, 9.17) is 10.5 Å². The number of unbranched alkanes of at least 4 members (excludes halogenated alkanes) is 1. The monoisotopic (exact) mass is 369 g/mol. The Morgan fingerprint density at radius 3 is 2.56 bits per heavy atom. The molecule has 0 aliphatic rings. The standard InChI is InChI=1S/C14H19N5O5S/c1-24-14-13(19(20)21)10-18(17-14)9-3-2-8-16-25(22,23)12-6-4-11(15)5-7-12/h4-7,10,16H,2-3,8-9,15H2,1H3. The fourth-order valence-corrected chi connectivity index (χ4v) is 3.19. The zero-order valence-corrected chi connectivity index (χ0v) is 14.4. The van der Waals surface area contributed by atoms with Crippen LogP contribution in [0.4, 0.5) is 11.4 Å². The summed E-state index contributed by atoms with van der Waals surface area (Å²) in [5.74, 6) is -0.0472. The number of nitrogens with zero attached hydrogens (tertiary/aromatic N) is 3. The smallest absolute Gasteiger partial charge is 0.350 e. The number of sulfonamides is 1. The minimum atomic E-state index is -3.58. The van der Waals surface area contributed by atoms with Gasteiger partial charge in [0.2, 0.25) is 10.0 Å². The van der Waals surface area contributed by atoms with E-state index in [1.807, 2.05) is 0 Å². The Bertz CT molecular complexity index is 832. The molecule has 2 rings (SSSR count). The van der Waals surface area contributed by atoms with E-state index in [-0.39, 0.29) is 23.0 Å². The molecule has 0 unspecified atom stereocenters. The number of hydrogen-bond acceptors (Lipinski definition) is 7. The average molecular weight is 369 g/mol. The highest BCUT2D eigenvalue weighted by molar-refractivity contribution is 7.89. The number of ether oxygens (including phenoxy) is 1. The Kier molecular flexibility index (Phi) is 5.93. The van der Waals surface area contributed by atoms with Crippen molar-refractivity contribution in [1.29, 1.82) is 0 Å². The lowest BCUT2D eigenvalue weighted by Gasteiger charge is -2.07. The van der Waals surface area contributed by atoms with Crippen LogP contribution in [0.1, 0.15) is 12.8 Å². The van der Waals surface area contributed by atoms with Crippen LogP contribution in [0.25, 0.3) is 0 Å². The average Bonchev–Trinajstić information content (AvgIpc) is 2.98. The van der Waals surface area contributed by atoms with E-state index in [1.165, 1.54) is 42.3 Å². The van der Waals surface area contributed by atoms with E-state index in [0.29, 0.717) is 25.1 Å². The molecule has 3 N–H and O–H groups in total. The first-order valence-corrected chi connectivity index (χ1v) is 8.93. The summed E-state index contributed by atoms with van der Waals surface area (Å²) in [7, 11) is -2.27. The lowest BCUT2D eigenvalue weighted by molar-refractivity contribution is -0.385. The summed E-state index contributed by atoms with van der Waals surface area (Å²) < 4.78 is 32.9. The first-order chi connectivity index (χ1) is 11.8. The maximum Gasteiger partial charge on any atom is 0.350 e. The molecule has 2 aromatic rings. The highest BCUT2D eigenvalue weighted by Crippen LogP contribution is 2.24. The summed E-state index contributed by atoms with van der Waals surface area (Å²) in [4.78, 5) is 10.4. The fraction of sp³-hybridized carbons (Fsp3) is 0.357. The van der Waals surface area contributed by atoms with Crippen LogP contribution in [-0.4, -0.2) is 36.8 Å². The highest BCUT2D eigenvalue weighted by atomic mass is 32.2. The second-order valence-electron chi connectivity index (χ2n) is 5.22. The molecule has 0 aliphatic carbocycles. The first kappa shape index (κ1) is 18.7. The summed E-state index contributed by atoms with van der Waals surface area (Å²) >= 11 is 0. The summed E-state index contributed by atoms with van der Waals surface area (Å²) in [6, 6.07) is 5.92.